The summed E-state index contributed by atoms with van der Waals surface area (Å²) in [5.74, 6) is 0.759. The van der Waals surface area contributed by atoms with E-state index in [1.807, 2.05) is 0 Å². The van der Waals surface area contributed by atoms with E-state index in [0.717, 1.165) is 31.3 Å². The van der Waals surface area contributed by atoms with Gasteiger partial charge in [0.15, 0.2) is 5.52 Å². The predicted molar refractivity (Wildman–Crippen MR) is 110 cm³/mol. The maximum absolute atomic E-state index is 14.1. The second-order valence-corrected chi connectivity index (χ2v) is 8.65. The molecular formula is C22H25F2N5O2. The lowest BCUT2D eigenvalue weighted by Crippen LogP contribution is -2.24. The molecule has 0 amide bonds. The summed E-state index contributed by atoms with van der Waals surface area (Å²) in [6, 6.07) is 3.68. The van der Waals surface area contributed by atoms with Gasteiger partial charge in [0.1, 0.15) is 23.3 Å². The van der Waals surface area contributed by atoms with Gasteiger partial charge >= 0.3 is 0 Å². The van der Waals surface area contributed by atoms with Crippen molar-refractivity contribution < 1.29 is 13.5 Å². The van der Waals surface area contributed by atoms with Crippen LogP contribution in [0.2, 0.25) is 0 Å². The summed E-state index contributed by atoms with van der Waals surface area (Å²) in [5, 5.41) is 4.78. The summed E-state index contributed by atoms with van der Waals surface area (Å²) < 4.78 is 34.4. The van der Waals surface area contributed by atoms with E-state index in [-0.39, 0.29) is 23.3 Å². The molecule has 164 valence electrons. The third-order valence-electron chi connectivity index (χ3n) is 6.48. The SMILES string of the molecule is C[C@H]1CN(Cc2ccc(F)cc2F)C[C@@H]1c1nn2c(C3CCOCC3)ncc2c(=O)[nH]1. The Morgan fingerprint density at radius 3 is 2.81 bits per heavy atom. The van der Waals surface area contributed by atoms with Crippen molar-refractivity contribution in [3.05, 3.63) is 63.6 Å². The number of imidazole rings is 1. The average molecular weight is 429 g/mol. The van der Waals surface area contributed by atoms with Crippen LogP contribution in [0.5, 0.6) is 0 Å². The summed E-state index contributed by atoms with van der Waals surface area (Å²) >= 11 is 0. The van der Waals surface area contributed by atoms with Gasteiger partial charge in [-0.3, -0.25) is 9.69 Å². The summed E-state index contributed by atoms with van der Waals surface area (Å²) in [4.78, 5) is 22.3. The molecule has 0 spiro atoms. The van der Waals surface area contributed by atoms with Gasteiger partial charge < -0.3 is 9.72 Å². The van der Waals surface area contributed by atoms with Crippen molar-refractivity contribution in [3.63, 3.8) is 0 Å². The Kier molecular flexibility index (Phi) is 5.31. The number of fused-ring (bicyclic) bond motifs is 1. The number of halogens is 2. The number of aromatic amines is 1. The molecule has 2 fully saturated rings. The molecule has 0 aliphatic carbocycles. The fourth-order valence-electron chi connectivity index (χ4n) is 4.78. The highest BCUT2D eigenvalue weighted by atomic mass is 19.1. The van der Waals surface area contributed by atoms with Crippen molar-refractivity contribution in [2.75, 3.05) is 26.3 Å². The number of benzene rings is 1. The lowest BCUT2D eigenvalue weighted by atomic mass is 9.97. The number of aromatic nitrogens is 4. The Hall–Kier alpha value is -2.65. The topological polar surface area (TPSA) is 75.5 Å². The van der Waals surface area contributed by atoms with Gasteiger partial charge in [-0.2, -0.15) is 5.10 Å². The zero-order chi connectivity index (χ0) is 21.5. The fourth-order valence-corrected chi connectivity index (χ4v) is 4.78. The first-order valence-corrected chi connectivity index (χ1v) is 10.7. The quantitative estimate of drug-likeness (QED) is 0.690. The van der Waals surface area contributed by atoms with E-state index >= 15 is 0 Å². The molecule has 7 nitrogen and oxygen atoms in total. The van der Waals surface area contributed by atoms with E-state index in [1.165, 1.54) is 12.1 Å². The first-order valence-electron chi connectivity index (χ1n) is 10.7. The molecular weight excluding hydrogens is 404 g/mol. The Bertz CT molecular complexity index is 1150. The maximum Gasteiger partial charge on any atom is 0.276 e. The summed E-state index contributed by atoms with van der Waals surface area (Å²) in [5.41, 5.74) is 0.703. The molecule has 2 saturated heterocycles. The number of nitrogens with zero attached hydrogens (tertiary/aromatic N) is 4. The standard InChI is InChI=1S/C22H25F2N5O2/c1-13-10-28(11-15-2-3-16(23)8-18(15)24)12-17(13)20-26-22(30)19-9-25-21(29(19)27-20)14-4-6-31-7-5-14/h2-3,8-9,13-14,17H,4-7,10-12H2,1H3,(H,26,27,30)/t13-,17-/m0/s1. The third kappa shape index (κ3) is 3.87. The van der Waals surface area contributed by atoms with Crippen LogP contribution < -0.4 is 5.56 Å². The molecule has 9 heteroatoms. The predicted octanol–water partition coefficient (Wildman–Crippen LogP) is 2.83. The summed E-state index contributed by atoms with van der Waals surface area (Å²) in [6.45, 7) is 5.23. The van der Waals surface area contributed by atoms with Crippen LogP contribution in [0, 0.1) is 17.6 Å². The number of ether oxygens (including phenoxy) is 1. The number of likely N-dealkylation sites (tertiary alicyclic amines) is 1. The van der Waals surface area contributed by atoms with Crippen molar-refractivity contribution in [1.29, 1.82) is 0 Å². The smallest absolute Gasteiger partial charge is 0.276 e. The number of hydrogen-bond acceptors (Lipinski definition) is 5. The normalized spacial score (nSPS) is 23.1. The van der Waals surface area contributed by atoms with Crippen molar-refractivity contribution in [1.82, 2.24) is 24.5 Å². The number of H-pyrrole nitrogens is 1. The van der Waals surface area contributed by atoms with Crippen molar-refractivity contribution in [3.8, 4) is 0 Å². The van der Waals surface area contributed by atoms with E-state index in [1.54, 1.807) is 10.7 Å². The van der Waals surface area contributed by atoms with Gasteiger partial charge in [-0.1, -0.05) is 13.0 Å². The van der Waals surface area contributed by atoms with E-state index in [2.05, 4.69) is 21.8 Å². The summed E-state index contributed by atoms with van der Waals surface area (Å²) in [7, 11) is 0. The molecule has 5 rings (SSSR count). The Morgan fingerprint density at radius 2 is 2.03 bits per heavy atom. The largest absolute Gasteiger partial charge is 0.381 e. The van der Waals surface area contributed by atoms with E-state index in [9.17, 15) is 13.6 Å². The highest BCUT2D eigenvalue weighted by Crippen LogP contribution is 2.32. The molecule has 2 atom stereocenters. The monoisotopic (exact) mass is 429 g/mol. The van der Waals surface area contributed by atoms with Crippen LogP contribution >= 0.6 is 0 Å². The lowest BCUT2D eigenvalue weighted by Gasteiger charge is -2.21. The van der Waals surface area contributed by atoms with Gasteiger partial charge in [0.2, 0.25) is 0 Å². The number of rotatable bonds is 4. The summed E-state index contributed by atoms with van der Waals surface area (Å²) in [6.07, 6.45) is 3.31. The van der Waals surface area contributed by atoms with Crippen molar-refractivity contribution in [2.45, 2.75) is 38.1 Å². The second-order valence-electron chi connectivity index (χ2n) is 8.65. The van der Waals surface area contributed by atoms with Gasteiger partial charge in [0.25, 0.3) is 5.56 Å². The minimum Gasteiger partial charge on any atom is -0.381 e. The van der Waals surface area contributed by atoms with E-state index in [4.69, 9.17) is 9.84 Å². The zero-order valence-corrected chi connectivity index (χ0v) is 17.4. The van der Waals surface area contributed by atoms with E-state index in [0.29, 0.717) is 43.2 Å². The van der Waals surface area contributed by atoms with E-state index < -0.39 is 11.6 Å². The molecule has 2 aliphatic heterocycles. The highest BCUT2D eigenvalue weighted by Gasteiger charge is 2.34. The number of nitrogens with one attached hydrogen (secondary N) is 1. The molecule has 0 unspecified atom stereocenters. The van der Waals surface area contributed by atoms with Crippen LogP contribution in [0.25, 0.3) is 5.52 Å². The molecule has 2 aliphatic rings. The van der Waals surface area contributed by atoms with Crippen LogP contribution in [0.3, 0.4) is 0 Å². The zero-order valence-electron chi connectivity index (χ0n) is 17.4. The van der Waals surface area contributed by atoms with Crippen LogP contribution in [0.15, 0.2) is 29.2 Å². The minimum absolute atomic E-state index is 0.00514. The van der Waals surface area contributed by atoms with Crippen molar-refractivity contribution >= 4 is 5.52 Å². The average Bonchev–Trinajstić information content (AvgIpc) is 3.34. The van der Waals surface area contributed by atoms with Crippen molar-refractivity contribution in [2.24, 2.45) is 5.92 Å². The maximum atomic E-state index is 14.1. The number of hydrogen-bond donors (Lipinski definition) is 1. The molecule has 1 aromatic carbocycles. The first kappa shape index (κ1) is 20.3. The highest BCUT2D eigenvalue weighted by molar-refractivity contribution is 5.42. The minimum atomic E-state index is -0.579. The van der Waals surface area contributed by atoms with Gasteiger partial charge in [-0.15, -0.1) is 0 Å². The van der Waals surface area contributed by atoms with Gasteiger partial charge in [0.05, 0.1) is 6.20 Å². The molecule has 3 aromatic rings. The molecule has 2 aromatic heterocycles. The van der Waals surface area contributed by atoms with Crippen LogP contribution in [0.1, 0.15) is 48.8 Å². The molecule has 0 bridgehead atoms. The molecule has 0 radical (unpaired) electrons. The molecule has 1 N–H and O–H groups in total. The third-order valence-corrected chi connectivity index (χ3v) is 6.48. The Morgan fingerprint density at radius 1 is 1.23 bits per heavy atom. The lowest BCUT2D eigenvalue weighted by molar-refractivity contribution is 0.0832. The molecule has 4 heterocycles. The Balaban J connectivity index is 1.41. The van der Waals surface area contributed by atoms with Gasteiger partial charge in [-0.25, -0.2) is 18.3 Å². The van der Waals surface area contributed by atoms with Gasteiger partial charge in [-0.05, 0) is 24.8 Å². The Labute approximate surface area is 178 Å². The second kappa shape index (κ2) is 8.12. The first-order chi connectivity index (χ1) is 15.0. The fraction of sp³-hybridized carbons (Fsp3) is 0.500. The van der Waals surface area contributed by atoms with Crippen LogP contribution in [0.4, 0.5) is 8.78 Å². The van der Waals surface area contributed by atoms with Gasteiger partial charge in [0, 0.05) is 56.3 Å². The van der Waals surface area contributed by atoms with Crippen LogP contribution in [-0.4, -0.2) is 50.8 Å². The molecule has 0 saturated carbocycles. The van der Waals surface area contributed by atoms with Crippen LogP contribution in [-0.2, 0) is 11.3 Å². The molecule has 31 heavy (non-hydrogen) atoms.